The van der Waals surface area contributed by atoms with Crippen LogP contribution in [0.1, 0.15) is 6.92 Å². The number of para-hydroxylation sites is 2. The predicted molar refractivity (Wildman–Crippen MR) is 116 cm³/mol. The zero-order valence-corrected chi connectivity index (χ0v) is 18.4. The second-order valence-electron chi connectivity index (χ2n) is 5.75. The number of guanidine groups is 1. The van der Waals surface area contributed by atoms with E-state index in [2.05, 4.69) is 26.2 Å². The summed E-state index contributed by atoms with van der Waals surface area (Å²) in [6, 6.07) is 7.98. The molecule has 148 valence electrons. The number of primary sulfonamides is 1. The number of sulfonamides is 1. The van der Waals surface area contributed by atoms with Gasteiger partial charge in [0.1, 0.15) is 5.75 Å². The Balaban J connectivity index is 0.00000338. The fourth-order valence-corrected chi connectivity index (χ4v) is 3.10. The highest BCUT2D eigenvalue weighted by atomic mass is 127. The van der Waals surface area contributed by atoms with E-state index in [0.717, 1.165) is 50.1 Å². The summed E-state index contributed by atoms with van der Waals surface area (Å²) in [4.78, 5) is 8.80. The summed E-state index contributed by atoms with van der Waals surface area (Å²) in [6.45, 7) is 6.12. The first-order chi connectivity index (χ1) is 11.9. The third kappa shape index (κ3) is 6.80. The van der Waals surface area contributed by atoms with Crippen LogP contribution in [0.4, 0.5) is 5.69 Å². The van der Waals surface area contributed by atoms with E-state index in [9.17, 15) is 8.42 Å². The van der Waals surface area contributed by atoms with Crippen LogP contribution < -0.4 is 20.1 Å². The predicted octanol–water partition coefficient (Wildman–Crippen LogP) is 0.689. The molecule has 1 aliphatic rings. The Labute approximate surface area is 172 Å². The second kappa shape index (κ2) is 10.8. The minimum atomic E-state index is -3.49. The Kier molecular flexibility index (Phi) is 9.44. The minimum absolute atomic E-state index is 0. The van der Waals surface area contributed by atoms with E-state index in [4.69, 9.17) is 9.88 Å². The normalized spacial score (nSPS) is 15.4. The van der Waals surface area contributed by atoms with Crippen LogP contribution in [-0.4, -0.2) is 71.4 Å². The van der Waals surface area contributed by atoms with Gasteiger partial charge < -0.3 is 19.9 Å². The molecule has 0 saturated carbocycles. The number of methoxy groups -OCH3 is 1. The van der Waals surface area contributed by atoms with Gasteiger partial charge in [-0.2, -0.15) is 0 Å². The van der Waals surface area contributed by atoms with Crippen LogP contribution in [0.25, 0.3) is 0 Å². The molecule has 1 heterocycles. The maximum Gasteiger partial charge on any atom is 0.210 e. The quantitative estimate of drug-likeness (QED) is 0.341. The molecule has 1 fully saturated rings. The molecule has 0 aliphatic carbocycles. The molecule has 1 aliphatic heterocycles. The Bertz CT molecular complexity index is 691. The molecule has 3 N–H and O–H groups in total. The standard InChI is InChI=1S/C16H27N5O3S.HI/c1-3-18-16(19-8-13-25(17,22)23)21-11-9-20(10-12-21)14-6-4-5-7-15(14)24-2;/h4-7H,3,8-13H2,1-2H3,(H,18,19)(H2,17,22,23);1H. The topological polar surface area (TPSA) is 100 Å². The molecule has 26 heavy (non-hydrogen) atoms. The molecule has 1 aromatic carbocycles. The van der Waals surface area contributed by atoms with Gasteiger partial charge in [0.05, 0.1) is 25.1 Å². The fourth-order valence-electron chi connectivity index (χ4n) is 2.75. The maximum absolute atomic E-state index is 11.1. The van der Waals surface area contributed by atoms with Crippen LogP contribution in [0, 0.1) is 0 Å². The van der Waals surface area contributed by atoms with Crippen molar-refractivity contribution in [3.63, 3.8) is 0 Å². The zero-order chi connectivity index (χ0) is 18.3. The number of rotatable bonds is 6. The van der Waals surface area contributed by atoms with Crippen molar-refractivity contribution in [1.29, 1.82) is 0 Å². The van der Waals surface area contributed by atoms with Crippen LogP contribution in [0.15, 0.2) is 29.3 Å². The molecule has 0 unspecified atom stereocenters. The summed E-state index contributed by atoms with van der Waals surface area (Å²) in [5.41, 5.74) is 1.08. The van der Waals surface area contributed by atoms with Gasteiger partial charge in [-0.25, -0.2) is 13.6 Å². The molecular weight excluding hydrogens is 469 g/mol. The molecule has 8 nitrogen and oxygen atoms in total. The first-order valence-electron chi connectivity index (χ1n) is 8.36. The lowest BCUT2D eigenvalue weighted by Gasteiger charge is -2.38. The SMILES string of the molecule is CCNC(=NCCS(N)(=O)=O)N1CCN(c2ccccc2OC)CC1.I. The molecular formula is C16H28IN5O3S. The lowest BCUT2D eigenvalue weighted by Crippen LogP contribution is -2.52. The van der Waals surface area contributed by atoms with Gasteiger partial charge in [-0.3, -0.25) is 4.99 Å². The van der Waals surface area contributed by atoms with Crippen molar-refractivity contribution in [2.24, 2.45) is 10.1 Å². The number of benzene rings is 1. The number of hydrogen-bond donors (Lipinski definition) is 2. The number of nitrogens with zero attached hydrogens (tertiary/aromatic N) is 3. The number of piperazine rings is 1. The first-order valence-corrected chi connectivity index (χ1v) is 10.1. The van der Waals surface area contributed by atoms with E-state index in [1.54, 1.807) is 7.11 Å². The number of nitrogens with one attached hydrogen (secondary N) is 1. The molecule has 1 aromatic rings. The highest BCUT2D eigenvalue weighted by Crippen LogP contribution is 2.28. The molecule has 0 radical (unpaired) electrons. The van der Waals surface area contributed by atoms with Crippen LogP contribution in [-0.2, 0) is 10.0 Å². The second-order valence-corrected chi connectivity index (χ2v) is 7.48. The Hall–Kier alpha value is -1.27. The smallest absolute Gasteiger partial charge is 0.210 e. The van der Waals surface area contributed by atoms with Crippen LogP contribution in [0.5, 0.6) is 5.75 Å². The lowest BCUT2D eigenvalue weighted by atomic mass is 10.2. The summed E-state index contributed by atoms with van der Waals surface area (Å²) >= 11 is 0. The van der Waals surface area contributed by atoms with Crippen molar-refractivity contribution in [2.75, 3.05) is 57.0 Å². The van der Waals surface area contributed by atoms with Crippen molar-refractivity contribution in [1.82, 2.24) is 10.2 Å². The molecule has 2 rings (SSSR count). The van der Waals surface area contributed by atoms with Crippen LogP contribution >= 0.6 is 24.0 Å². The van der Waals surface area contributed by atoms with E-state index in [1.807, 2.05) is 25.1 Å². The van der Waals surface area contributed by atoms with Crippen molar-refractivity contribution in [3.05, 3.63) is 24.3 Å². The average Bonchev–Trinajstić information content (AvgIpc) is 2.60. The van der Waals surface area contributed by atoms with Crippen molar-refractivity contribution in [3.8, 4) is 5.75 Å². The molecule has 0 atom stereocenters. The largest absolute Gasteiger partial charge is 0.495 e. The number of hydrogen-bond acceptors (Lipinski definition) is 5. The summed E-state index contributed by atoms with van der Waals surface area (Å²) in [5, 5.41) is 8.25. The first kappa shape index (κ1) is 22.8. The zero-order valence-electron chi connectivity index (χ0n) is 15.2. The Morgan fingerprint density at radius 3 is 2.50 bits per heavy atom. The monoisotopic (exact) mass is 497 g/mol. The van der Waals surface area contributed by atoms with Crippen LogP contribution in [0.2, 0.25) is 0 Å². The summed E-state index contributed by atoms with van der Waals surface area (Å²) in [7, 11) is -1.82. The number of halogens is 1. The number of nitrogens with two attached hydrogens (primary N) is 1. The van der Waals surface area contributed by atoms with Gasteiger partial charge in [-0.05, 0) is 19.1 Å². The van der Waals surface area contributed by atoms with E-state index in [0.29, 0.717) is 0 Å². The van der Waals surface area contributed by atoms with Gasteiger partial charge in [0, 0.05) is 32.7 Å². The van der Waals surface area contributed by atoms with Gasteiger partial charge in [0.15, 0.2) is 5.96 Å². The van der Waals surface area contributed by atoms with Gasteiger partial charge in [-0.1, -0.05) is 12.1 Å². The highest BCUT2D eigenvalue weighted by molar-refractivity contribution is 14.0. The third-order valence-corrected chi connectivity index (χ3v) is 4.73. The van der Waals surface area contributed by atoms with Gasteiger partial charge >= 0.3 is 0 Å². The Morgan fingerprint density at radius 2 is 1.92 bits per heavy atom. The molecule has 0 aromatic heterocycles. The minimum Gasteiger partial charge on any atom is -0.495 e. The van der Waals surface area contributed by atoms with E-state index < -0.39 is 10.0 Å². The van der Waals surface area contributed by atoms with Gasteiger partial charge in [0.2, 0.25) is 10.0 Å². The van der Waals surface area contributed by atoms with Crippen molar-refractivity contribution >= 4 is 45.6 Å². The van der Waals surface area contributed by atoms with Gasteiger partial charge in [0.25, 0.3) is 0 Å². The molecule has 0 spiro atoms. The van der Waals surface area contributed by atoms with Gasteiger partial charge in [-0.15, -0.1) is 24.0 Å². The molecule has 0 bridgehead atoms. The number of ether oxygens (including phenoxy) is 1. The maximum atomic E-state index is 11.1. The number of anilines is 1. The summed E-state index contributed by atoms with van der Waals surface area (Å²) in [5.74, 6) is 1.44. The fraction of sp³-hybridized carbons (Fsp3) is 0.562. The third-order valence-electron chi connectivity index (χ3n) is 3.98. The average molecular weight is 497 g/mol. The Morgan fingerprint density at radius 1 is 1.27 bits per heavy atom. The summed E-state index contributed by atoms with van der Waals surface area (Å²) in [6.07, 6.45) is 0. The number of aliphatic imine (C=N–C) groups is 1. The van der Waals surface area contributed by atoms with E-state index in [1.165, 1.54) is 0 Å². The summed E-state index contributed by atoms with van der Waals surface area (Å²) < 4.78 is 27.6. The van der Waals surface area contributed by atoms with E-state index in [-0.39, 0.29) is 36.3 Å². The lowest BCUT2D eigenvalue weighted by molar-refractivity contribution is 0.367. The van der Waals surface area contributed by atoms with Crippen LogP contribution in [0.3, 0.4) is 0 Å². The van der Waals surface area contributed by atoms with Crippen molar-refractivity contribution in [2.45, 2.75) is 6.92 Å². The van der Waals surface area contributed by atoms with Crippen molar-refractivity contribution < 1.29 is 13.2 Å². The highest BCUT2D eigenvalue weighted by Gasteiger charge is 2.21. The molecule has 1 saturated heterocycles. The molecule has 0 amide bonds. The van der Waals surface area contributed by atoms with E-state index >= 15 is 0 Å². The molecule has 10 heteroatoms.